The summed E-state index contributed by atoms with van der Waals surface area (Å²) in [5.41, 5.74) is 0. The van der Waals surface area contributed by atoms with Gasteiger partial charge in [0.15, 0.2) is 0 Å². The molecule has 0 bridgehead atoms. The average molecular weight is 86.1 g/mol. The molecule has 1 aliphatic rings. The molecule has 0 saturated heterocycles. The molecule has 0 aromatic heterocycles. The quantitative estimate of drug-likeness (QED) is 0.470. The molecule has 0 aliphatic heterocycles. The van der Waals surface area contributed by atoms with E-state index in [4.69, 9.17) is 5.11 Å². The molecule has 1 N–H and O–H groups in total. The van der Waals surface area contributed by atoms with E-state index in [0.717, 1.165) is 0 Å². The van der Waals surface area contributed by atoms with Gasteiger partial charge in [-0.05, 0) is 0 Å². The van der Waals surface area contributed by atoms with E-state index in [0.29, 0.717) is 6.42 Å². The summed E-state index contributed by atoms with van der Waals surface area (Å²) in [6, 6.07) is 0. The Bertz CT molecular complexity index is 77.6. The lowest BCUT2D eigenvalue weighted by molar-refractivity contribution is -0.111. The van der Waals surface area contributed by atoms with E-state index >= 15 is 0 Å². The Balaban J connectivity index is 2.26. The smallest absolute Gasteiger partial charge is 0.139 e. The van der Waals surface area contributed by atoms with Gasteiger partial charge in [0, 0.05) is 12.3 Å². The maximum absolute atomic E-state index is 9.96. The molecule has 1 rings (SSSR count). The highest BCUT2D eigenvalue weighted by molar-refractivity contribution is 5.96. The van der Waals surface area contributed by atoms with Gasteiger partial charge in [-0.1, -0.05) is 0 Å². The maximum Gasteiger partial charge on any atom is 0.139 e. The van der Waals surface area contributed by atoms with Gasteiger partial charge < -0.3 is 5.11 Å². The normalized spacial score (nSPS) is 30.8. The highest BCUT2D eigenvalue weighted by atomic mass is 16.3. The Morgan fingerprint density at radius 2 is 2.50 bits per heavy atom. The predicted octanol–water partition coefficient (Wildman–Crippen LogP) is -0.432. The van der Waals surface area contributed by atoms with Crippen LogP contribution < -0.4 is 0 Å². The summed E-state index contributed by atoms with van der Waals surface area (Å²) in [6.07, 6.45) is 0.608. The van der Waals surface area contributed by atoms with E-state index in [2.05, 4.69) is 0 Å². The van der Waals surface area contributed by atoms with Crippen molar-refractivity contribution >= 4 is 5.78 Å². The van der Waals surface area contributed by atoms with Crippen molar-refractivity contribution in [2.24, 2.45) is 5.92 Å². The molecule has 6 heavy (non-hydrogen) atoms. The second-order valence-corrected chi connectivity index (χ2v) is 1.55. The van der Waals surface area contributed by atoms with Crippen molar-refractivity contribution in [3.8, 4) is 0 Å². The second-order valence-electron chi connectivity index (χ2n) is 1.55. The third kappa shape index (κ3) is 0.431. The van der Waals surface area contributed by atoms with Crippen molar-refractivity contribution in [1.29, 1.82) is 0 Å². The van der Waals surface area contributed by atoms with E-state index in [1.54, 1.807) is 0 Å². The minimum absolute atomic E-state index is 0.0185. The van der Waals surface area contributed by atoms with Crippen LogP contribution in [-0.4, -0.2) is 17.5 Å². The molecule has 1 atom stereocenters. The summed E-state index contributed by atoms with van der Waals surface area (Å²) in [7, 11) is 0. The highest BCUT2D eigenvalue weighted by Gasteiger charge is 2.33. The van der Waals surface area contributed by atoms with Gasteiger partial charge >= 0.3 is 0 Å². The maximum atomic E-state index is 9.96. The number of rotatable bonds is 1. The fraction of sp³-hybridized carbons (Fsp3) is 0.750. The van der Waals surface area contributed by atoms with Crippen molar-refractivity contribution < 1.29 is 9.90 Å². The van der Waals surface area contributed by atoms with Gasteiger partial charge in [-0.25, -0.2) is 0 Å². The summed E-state index contributed by atoms with van der Waals surface area (Å²) >= 11 is 0. The Labute approximate surface area is 35.8 Å². The van der Waals surface area contributed by atoms with Crippen LogP contribution in [0.15, 0.2) is 0 Å². The Morgan fingerprint density at radius 1 is 2.00 bits per heavy atom. The summed E-state index contributed by atoms with van der Waals surface area (Å²) < 4.78 is 0. The van der Waals surface area contributed by atoms with Crippen LogP contribution in [0.5, 0.6) is 0 Å². The molecule has 2 heteroatoms. The minimum Gasteiger partial charge on any atom is -0.396 e. The van der Waals surface area contributed by atoms with Gasteiger partial charge in [-0.3, -0.25) is 4.79 Å². The van der Waals surface area contributed by atoms with E-state index < -0.39 is 0 Å². The first-order valence-corrected chi connectivity index (χ1v) is 1.98. The molecule has 0 aromatic carbocycles. The van der Waals surface area contributed by atoms with Gasteiger partial charge in [0.2, 0.25) is 0 Å². The summed E-state index contributed by atoms with van der Waals surface area (Å²) in [4.78, 5) is 9.96. The first-order valence-electron chi connectivity index (χ1n) is 1.98. The molecule has 0 aromatic rings. The van der Waals surface area contributed by atoms with Gasteiger partial charge in [0.05, 0.1) is 6.61 Å². The van der Waals surface area contributed by atoms with Crippen LogP contribution in [0.2, 0.25) is 0 Å². The number of carbonyl (C=O) groups is 1. The van der Waals surface area contributed by atoms with Crippen LogP contribution in [0.25, 0.3) is 0 Å². The molecule has 0 heterocycles. The zero-order chi connectivity index (χ0) is 4.57. The monoisotopic (exact) mass is 86.0 g/mol. The fourth-order valence-electron chi connectivity index (χ4n) is 0.350. The van der Waals surface area contributed by atoms with Crippen LogP contribution in [0.1, 0.15) is 6.42 Å². The summed E-state index contributed by atoms with van der Waals surface area (Å²) in [6.45, 7) is 0.0544. The van der Waals surface area contributed by atoms with Crippen LogP contribution in [0, 0.1) is 5.92 Å². The van der Waals surface area contributed by atoms with Crippen molar-refractivity contribution in [3.63, 3.8) is 0 Å². The summed E-state index contributed by atoms with van der Waals surface area (Å²) in [5, 5.41) is 8.16. The van der Waals surface area contributed by atoms with Crippen LogP contribution in [0.4, 0.5) is 0 Å². The number of aliphatic hydroxyl groups excluding tert-OH is 1. The SMILES string of the molecule is O=C1C[C@@H]1CO. The topological polar surface area (TPSA) is 37.3 Å². The Morgan fingerprint density at radius 3 is 2.50 bits per heavy atom. The Kier molecular flexibility index (Phi) is 0.665. The molecule has 1 saturated carbocycles. The van der Waals surface area contributed by atoms with E-state index in [1.165, 1.54) is 0 Å². The fourth-order valence-corrected chi connectivity index (χ4v) is 0.350. The lowest BCUT2D eigenvalue weighted by atomic mass is 10.5. The van der Waals surface area contributed by atoms with E-state index in [-0.39, 0.29) is 18.3 Å². The number of ketones is 1. The molecule has 34 valence electrons. The minimum atomic E-state index is 0.0185. The first-order chi connectivity index (χ1) is 2.84. The van der Waals surface area contributed by atoms with Crippen LogP contribution in [-0.2, 0) is 4.79 Å². The molecule has 2 nitrogen and oxygen atoms in total. The second kappa shape index (κ2) is 1.05. The van der Waals surface area contributed by atoms with Gasteiger partial charge in [0.1, 0.15) is 5.78 Å². The molecular formula is C4H6O2. The number of Topliss-reactive ketones (excluding diaryl/α,β-unsaturated/α-hetero) is 1. The van der Waals surface area contributed by atoms with Gasteiger partial charge in [-0.15, -0.1) is 0 Å². The number of hydrogen-bond donors (Lipinski definition) is 1. The summed E-state index contributed by atoms with van der Waals surface area (Å²) in [5.74, 6) is 0.225. The predicted molar refractivity (Wildman–Crippen MR) is 20.2 cm³/mol. The van der Waals surface area contributed by atoms with Crippen molar-refractivity contribution in [2.45, 2.75) is 6.42 Å². The molecule has 0 radical (unpaired) electrons. The largest absolute Gasteiger partial charge is 0.396 e. The molecule has 1 aliphatic carbocycles. The number of carbonyl (C=O) groups excluding carboxylic acids is 1. The molecular weight excluding hydrogens is 80.0 g/mol. The van der Waals surface area contributed by atoms with Crippen molar-refractivity contribution in [2.75, 3.05) is 6.61 Å². The Hall–Kier alpha value is -0.370. The zero-order valence-electron chi connectivity index (χ0n) is 3.35. The lowest BCUT2D eigenvalue weighted by Crippen LogP contribution is -1.84. The average Bonchev–Trinajstić information content (AvgIpc) is 2.19. The third-order valence-corrected chi connectivity index (χ3v) is 0.963. The standard InChI is InChI=1S/C4H6O2/c5-2-3-1-4(3)6/h3,5H,1-2H2/t3-/m1/s1. The molecule has 0 unspecified atom stereocenters. The molecule has 0 amide bonds. The molecule has 1 fully saturated rings. The first kappa shape index (κ1) is 3.81. The third-order valence-electron chi connectivity index (χ3n) is 0.963. The van der Waals surface area contributed by atoms with Crippen LogP contribution in [0.3, 0.4) is 0 Å². The highest BCUT2D eigenvalue weighted by Crippen LogP contribution is 2.21. The van der Waals surface area contributed by atoms with Crippen LogP contribution >= 0.6 is 0 Å². The van der Waals surface area contributed by atoms with Gasteiger partial charge in [-0.2, -0.15) is 0 Å². The van der Waals surface area contributed by atoms with Crippen molar-refractivity contribution in [1.82, 2.24) is 0 Å². The van der Waals surface area contributed by atoms with Gasteiger partial charge in [0.25, 0.3) is 0 Å². The zero-order valence-corrected chi connectivity index (χ0v) is 3.35. The lowest BCUT2D eigenvalue weighted by Gasteiger charge is -1.71. The van der Waals surface area contributed by atoms with Crippen molar-refractivity contribution in [3.05, 3.63) is 0 Å². The number of aliphatic hydroxyl groups is 1. The van der Waals surface area contributed by atoms with E-state index in [1.807, 2.05) is 0 Å². The van der Waals surface area contributed by atoms with E-state index in [9.17, 15) is 4.79 Å². The molecule has 0 spiro atoms. The number of hydrogen-bond acceptors (Lipinski definition) is 2.